The summed E-state index contributed by atoms with van der Waals surface area (Å²) in [7, 11) is 0. The Balaban J connectivity index is 1.94. The van der Waals surface area contributed by atoms with E-state index in [9.17, 15) is 5.11 Å². The van der Waals surface area contributed by atoms with Crippen LogP contribution in [0.5, 0.6) is 0 Å². The van der Waals surface area contributed by atoms with Crippen LogP contribution in [-0.2, 0) is 13.0 Å². The fourth-order valence-electron chi connectivity index (χ4n) is 2.63. The largest absolute Gasteiger partial charge is 0.388 e. The second kappa shape index (κ2) is 6.06. The van der Waals surface area contributed by atoms with E-state index in [1.807, 2.05) is 30.3 Å². The standard InChI is InChI=1S/C17H19N3O/c1-2-11-20-15-6-4-3-5-14(15)19-17(20)12-16(21)13-7-9-18-10-8-13/h3-10,16,21H,2,11-12H2,1H3. The van der Waals surface area contributed by atoms with Crippen LogP contribution in [-0.4, -0.2) is 19.6 Å². The fourth-order valence-corrected chi connectivity index (χ4v) is 2.63. The van der Waals surface area contributed by atoms with Crippen molar-refractivity contribution in [3.8, 4) is 0 Å². The van der Waals surface area contributed by atoms with Gasteiger partial charge in [0.2, 0.25) is 0 Å². The van der Waals surface area contributed by atoms with E-state index in [4.69, 9.17) is 0 Å². The Morgan fingerprint density at radius 1 is 1.14 bits per heavy atom. The number of hydrogen-bond acceptors (Lipinski definition) is 3. The Morgan fingerprint density at radius 3 is 2.67 bits per heavy atom. The molecule has 0 amide bonds. The van der Waals surface area contributed by atoms with Gasteiger partial charge >= 0.3 is 0 Å². The van der Waals surface area contributed by atoms with Crippen LogP contribution in [0.25, 0.3) is 11.0 Å². The first-order chi connectivity index (χ1) is 10.3. The Bertz CT molecular complexity index is 721. The van der Waals surface area contributed by atoms with E-state index in [1.165, 1.54) is 0 Å². The number of aliphatic hydroxyl groups is 1. The van der Waals surface area contributed by atoms with Gasteiger partial charge in [-0.15, -0.1) is 0 Å². The van der Waals surface area contributed by atoms with Crippen LogP contribution < -0.4 is 0 Å². The van der Waals surface area contributed by atoms with Gasteiger partial charge in [0.25, 0.3) is 0 Å². The maximum Gasteiger partial charge on any atom is 0.112 e. The average Bonchev–Trinajstić information content (AvgIpc) is 2.86. The van der Waals surface area contributed by atoms with Crippen LogP contribution in [0.2, 0.25) is 0 Å². The average molecular weight is 281 g/mol. The molecule has 4 nitrogen and oxygen atoms in total. The first-order valence-electron chi connectivity index (χ1n) is 7.31. The van der Waals surface area contributed by atoms with Crippen LogP contribution in [0.15, 0.2) is 48.8 Å². The van der Waals surface area contributed by atoms with Gasteiger partial charge in [0.1, 0.15) is 5.82 Å². The smallest absolute Gasteiger partial charge is 0.112 e. The molecule has 2 aromatic heterocycles. The number of para-hydroxylation sites is 2. The van der Waals surface area contributed by atoms with Gasteiger partial charge in [-0.1, -0.05) is 19.1 Å². The molecule has 0 saturated carbocycles. The van der Waals surface area contributed by atoms with Crippen molar-refractivity contribution in [2.75, 3.05) is 0 Å². The van der Waals surface area contributed by atoms with E-state index in [0.717, 1.165) is 35.4 Å². The fraction of sp³-hybridized carbons (Fsp3) is 0.294. The molecule has 0 bridgehead atoms. The molecule has 0 saturated heterocycles. The van der Waals surface area contributed by atoms with Gasteiger partial charge in [0.15, 0.2) is 0 Å². The number of fused-ring (bicyclic) bond motifs is 1. The Labute approximate surface area is 124 Å². The number of aromatic nitrogens is 3. The topological polar surface area (TPSA) is 50.9 Å². The lowest BCUT2D eigenvalue weighted by Gasteiger charge is -2.12. The third kappa shape index (κ3) is 2.81. The molecule has 1 aromatic carbocycles. The number of hydrogen-bond donors (Lipinski definition) is 1. The first kappa shape index (κ1) is 13.8. The summed E-state index contributed by atoms with van der Waals surface area (Å²) < 4.78 is 2.21. The lowest BCUT2D eigenvalue weighted by atomic mass is 10.1. The van der Waals surface area contributed by atoms with Crippen molar-refractivity contribution in [2.45, 2.75) is 32.4 Å². The van der Waals surface area contributed by atoms with Crippen molar-refractivity contribution in [1.82, 2.24) is 14.5 Å². The summed E-state index contributed by atoms with van der Waals surface area (Å²) >= 11 is 0. The zero-order chi connectivity index (χ0) is 14.7. The van der Waals surface area contributed by atoms with Gasteiger partial charge in [-0.05, 0) is 36.2 Å². The second-order valence-electron chi connectivity index (χ2n) is 5.17. The van der Waals surface area contributed by atoms with Crippen molar-refractivity contribution >= 4 is 11.0 Å². The Morgan fingerprint density at radius 2 is 1.90 bits per heavy atom. The summed E-state index contributed by atoms with van der Waals surface area (Å²) in [6, 6.07) is 11.8. The normalized spacial score (nSPS) is 12.7. The van der Waals surface area contributed by atoms with Gasteiger partial charge in [0.05, 0.1) is 17.1 Å². The minimum absolute atomic E-state index is 0.513. The van der Waals surface area contributed by atoms with Crippen molar-refractivity contribution in [3.63, 3.8) is 0 Å². The SMILES string of the molecule is CCCn1c(CC(O)c2ccncc2)nc2ccccc21. The number of aliphatic hydroxyl groups excluding tert-OH is 1. The Hall–Kier alpha value is -2.20. The lowest BCUT2D eigenvalue weighted by molar-refractivity contribution is 0.174. The number of rotatable bonds is 5. The van der Waals surface area contributed by atoms with E-state index in [-0.39, 0.29) is 0 Å². The van der Waals surface area contributed by atoms with E-state index >= 15 is 0 Å². The zero-order valence-electron chi connectivity index (χ0n) is 12.1. The highest BCUT2D eigenvalue weighted by Crippen LogP contribution is 2.22. The van der Waals surface area contributed by atoms with E-state index < -0.39 is 6.10 Å². The van der Waals surface area contributed by atoms with Gasteiger partial charge in [-0.2, -0.15) is 0 Å². The predicted octanol–water partition coefficient (Wildman–Crippen LogP) is 3.12. The van der Waals surface area contributed by atoms with Crippen molar-refractivity contribution < 1.29 is 5.11 Å². The highest BCUT2D eigenvalue weighted by Gasteiger charge is 2.15. The molecule has 1 atom stereocenters. The van der Waals surface area contributed by atoms with Crippen LogP contribution in [0.3, 0.4) is 0 Å². The molecule has 2 heterocycles. The van der Waals surface area contributed by atoms with Crippen LogP contribution >= 0.6 is 0 Å². The molecule has 0 aliphatic heterocycles. The molecule has 1 unspecified atom stereocenters. The van der Waals surface area contributed by atoms with Gasteiger partial charge < -0.3 is 9.67 Å². The molecule has 0 spiro atoms. The van der Waals surface area contributed by atoms with Crippen molar-refractivity contribution in [2.24, 2.45) is 0 Å². The predicted molar refractivity (Wildman–Crippen MR) is 82.9 cm³/mol. The monoisotopic (exact) mass is 281 g/mol. The molecule has 0 aliphatic rings. The summed E-state index contributed by atoms with van der Waals surface area (Å²) in [5, 5.41) is 10.4. The first-order valence-corrected chi connectivity index (χ1v) is 7.31. The molecule has 3 aromatic rings. The quantitative estimate of drug-likeness (QED) is 0.781. The summed E-state index contributed by atoms with van der Waals surface area (Å²) in [5.74, 6) is 0.933. The molecule has 0 radical (unpaired) electrons. The summed E-state index contributed by atoms with van der Waals surface area (Å²) in [6.07, 6.45) is 4.40. The van der Waals surface area contributed by atoms with Crippen LogP contribution in [0, 0.1) is 0 Å². The highest BCUT2D eigenvalue weighted by atomic mass is 16.3. The Kier molecular flexibility index (Phi) is 3.97. The van der Waals surface area contributed by atoms with Crippen molar-refractivity contribution in [3.05, 3.63) is 60.2 Å². The minimum Gasteiger partial charge on any atom is -0.388 e. The molecule has 0 fully saturated rings. The number of pyridine rings is 1. The third-order valence-electron chi connectivity index (χ3n) is 3.65. The van der Waals surface area contributed by atoms with Crippen LogP contribution in [0.1, 0.15) is 30.8 Å². The third-order valence-corrected chi connectivity index (χ3v) is 3.65. The number of benzene rings is 1. The number of imidazole rings is 1. The summed E-state index contributed by atoms with van der Waals surface area (Å²) in [6.45, 7) is 3.07. The number of aryl methyl sites for hydroxylation is 1. The maximum absolute atomic E-state index is 10.4. The highest BCUT2D eigenvalue weighted by molar-refractivity contribution is 5.75. The van der Waals surface area contributed by atoms with E-state index in [1.54, 1.807) is 12.4 Å². The molecule has 0 aliphatic carbocycles. The van der Waals surface area contributed by atoms with Gasteiger partial charge in [-0.3, -0.25) is 4.98 Å². The van der Waals surface area contributed by atoms with Crippen molar-refractivity contribution in [1.29, 1.82) is 0 Å². The van der Waals surface area contributed by atoms with E-state index in [2.05, 4.69) is 27.5 Å². The molecule has 4 heteroatoms. The number of nitrogens with zero attached hydrogens (tertiary/aromatic N) is 3. The molecule has 1 N–H and O–H groups in total. The summed E-state index contributed by atoms with van der Waals surface area (Å²) in [4.78, 5) is 8.67. The van der Waals surface area contributed by atoms with Gasteiger partial charge in [0, 0.05) is 25.4 Å². The molecule has 21 heavy (non-hydrogen) atoms. The maximum atomic E-state index is 10.4. The molecule has 108 valence electrons. The molecular weight excluding hydrogens is 262 g/mol. The second-order valence-corrected chi connectivity index (χ2v) is 5.17. The van der Waals surface area contributed by atoms with Gasteiger partial charge in [-0.25, -0.2) is 4.98 Å². The minimum atomic E-state index is -0.555. The molecule has 3 rings (SSSR count). The lowest BCUT2D eigenvalue weighted by Crippen LogP contribution is -2.09. The molecular formula is C17H19N3O. The summed E-state index contributed by atoms with van der Waals surface area (Å²) in [5.41, 5.74) is 3.00. The van der Waals surface area contributed by atoms with Crippen LogP contribution in [0.4, 0.5) is 0 Å². The zero-order valence-corrected chi connectivity index (χ0v) is 12.1. The van der Waals surface area contributed by atoms with E-state index in [0.29, 0.717) is 6.42 Å².